The molecule has 0 unspecified atom stereocenters. The second-order valence-electron chi connectivity index (χ2n) is 5.12. The van der Waals surface area contributed by atoms with Crippen LogP contribution in [-0.2, 0) is 0 Å². The van der Waals surface area contributed by atoms with Gasteiger partial charge in [0.15, 0.2) is 0 Å². The Morgan fingerprint density at radius 2 is 1.81 bits per heavy atom. The van der Waals surface area contributed by atoms with Gasteiger partial charge in [-0.05, 0) is 40.5 Å². The van der Waals surface area contributed by atoms with Crippen LogP contribution in [0, 0.1) is 6.92 Å². The van der Waals surface area contributed by atoms with E-state index in [4.69, 9.17) is 11.6 Å². The van der Waals surface area contributed by atoms with E-state index in [0.717, 1.165) is 36.5 Å². The summed E-state index contributed by atoms with van der Waals surface area (Å²) in [6, 6.07) is 8.63. The summed E-state index contributed by atoms with van der Waals surface area (Å²) in [7, 11) is 0. The maximum absolute atomic E-state index is 6.04. The van der Waals surface area contributed by atoms with Crippen LogP contribution in [0.3, 0.4) is 0 Å². The summed E-state index contributed by atoms with van der Waals surface area (Å²) in [4.78, 5) is 13.0. The lowest BCUT2D eigenvalue weighted by Crippen LogP contribution is -2.47. The van der Waals surface area contributed by atoms with Crippen molar-refractivity contribution < 1.29 is 0 Å². The summed E-state index contributed by atoms with van der Waals surface area (Å²) in [5.74, 6) is 0.874. The Balaban J connectivity index is 1.72. The van der Waals surface area contributed by atoms with Crippen LogP contribution < -0.4 is 9.80 Å². The summed E-state index contributed by atoms with van der Waals surface area (Å²) < 4.78 is 0.774. The molecule has 0 radical (unpaired) electrons. The molecule has 1 aliphatic rings. The monoisotopic (exact) mass is 366 g/mol. The minimum Gasteiger partial charge on any atom is -0.368 e. The zero-order valence-electron chi connectivity index (χ0n) is 11.8. The molecule has 21 heavy (non-hydrogen) atoms. The summed E-state index contributed by atoms with van der Waals surface area (Å²) in [6.07, 6.45) is 1.51. The first kappa shape index (κ1) is 14.6. The molecular formula is C15H16BrClN4. The van der Waals surface area contributed by atoms with Gasteiger partial charge in [0.2, 0.25) is 0 Å². The zero-order chi connectivity index (χ0) is 14.8. The van der Waals surface area contributed by atoms with Crippen molar-refractivity contribution in [1.29, 1.82) is 0 Å². The number of halogens is 2. The molecule has 2 aromatic rings. The molecule has 1 saturated heterocycles. The molecule has 6 heteroatoms. The number of hydrogen-bond acceptors (Lipinski definition) is 4. The molecule has 3 rings (SSSR count). The van der Waals surface area contributed by atoms with Crippen LogP contribution in [-0.4, -0.2) is 36.1 Å². The molecular weight excluding hydrogens is 352 g/mol. The van der Waals surface area contributed by atoms with Crippen molar-refractivity contribution in [3.63, 3.8) is 0 Å². The lowest BCUT2D eigenvalue weighted by atomic mass is 10.2. The average molecular weight is 368 g/mol. The van der Waals surface area contributed by atoms with Crippen LogP contribution in [0.5, 0.6) is 0 Å². The molecule has 1 aliphatic heterocycles. The van der Waals surface area contributed by atoms with Gasteiger partial charge < -0.3 is 9.80 Å². The van der Waals surface area contributed by atoms with E-state index in [9.17, 15) is 0 Å². The Morgan fingerprint density at radius 1 is 1.10 bits per heavy atom. The van der Waals surface area contributed by atoms with Crippen molar-refractivity contribution in [3.05, 3.63) is 45.8 Å². The number of benzene rings is 1. The lowest BCUT2D eigenvalue weighted by molar-refractivity contribution is 0.645. The fraction of sp³-hybridized carbons (Fsp3) is 0.333. The van der Waals surface area contributed by atoms with E-state index in [-0.39, 0.29) is 0 Å². The molecule has 1 aromatic heterocycles. The molecule has 0 spiro atoms. The topological polar surface area (TPSA) is 32.3 Å². The first-order valence-electron chi connectivity index (χ1n) is 6.88. The minimum absolute atomic E-state index is 0.459. The SMILES string of the molecule is Cc1cccc(N2CCN(c3ncnc(Cl)c3Br)CC2)c1. The van der Waals surface area contributed by atoms with Crippen LogP contribution in [0.1, 0.15) is 5.56 Å². The highest BCUT2D eigenvalue weighted by atomic mass is 79.9. The van der Waals surface area contributed by atoms with Gasteiger partial charge in [-0.2, -0.15) is 0 Å². The van der Waals surface area contributed by atoms with Gasteiger partial charge in [0.1, 0.15) is 17.3 Å². The highest BCUT2D eigenvalue weighted by Gasteiger charge is 2.21. The van der Waals surface area contributed by atoms with Gasteiger partial charge in [0.25, 0.3) is 0 Å². The van der Waals surface area contributed by atoms with Crippen molar-refractivity contribution in [2.75, 3.05) is 36.0 Å². The van der Waals surface area contributed by atoms with Crippen LogP contribution in [0.25, 0.3) is 0 Å². The van der Waals surface area contributed by atoms with Gasteiger partial charge in [-0.25, -0.2) is 9.97 Å². The van der Waals surface area contributed by atoms with E-state index in [1.54, 1.807) is 0 Å². The fourth-order valence-electron chi connectivity index (χ4n) is 2.56. The summed E-state index contributed by atoms with van der Waals surface area (Å²) in [5.41, 5.74) is 2.58. The van der Waals surface area contributed by atoms with E-state index < -0.39 is 0 Å². The van der Waals surface area contributed by atoms with Crippen molar-refractivity contribution >= 4 is 39.0 Å². The Labute approximate surface area is 137 Å². The van der Waals surface area contributed by atoms with Gasteiger partial charge >= 0.3 is 0 Å². The lowest BCUT2D eigenvalue weighted by Gasteiger charge is -2.37. The summed E-state index contributed by atoms with van der Waals surface area (Å²) >= 11 is 9.51. The molecule has 2 heterocycles. The van der Waals surface area contributed by atoms with Crippen LogP contribution in [0.4, 0.5) is 11.5 Å². The largest absolute Gasteiger partial charge is 0.368 e. The molecule has 0 atom stereocenters. The molecule has 110 valence electrons. The Bertz CT molecular complexity index is 641. The van der Waals surface area contributed by atoms with E-state index in [2.05, 4.69) is 66.9 Å². The Hall–Kier alpha value is -1.33. The number of aryl methyl sites for hydroxylation is 1. The van der Waals surface area contributed by atoms with Gasteiger partial charge in [-0.3, -0.25) is 0 Å². The van der Waals surface area contributed by atoms with Gasteiger partial charge in [-0.1, -0.05) is 23.7 Å². The standard InChI is InChI=1S/C15H16BrClN4/c1-11-3-2-4-12(9-11)20-5-7-21(8-6-20)15-13(16)14(17)18-10-19-15/h2-4,9-10H,5-8H2,1H3. The Morgan fingerprint density at radius 3 is 2.52 bits per heavy atom. The first-order chi connectivity index (χ1) is 10.1. The molecule has 0 amide bonds. The quantitative estimate of drug-likeness (QED) is 0.760. The Kier molecular flexibility index (Phi) is 4.31. The van der Waals surface area contributed by atoms with E-state index in [0.29, 0.717) is 5.15 Å². The van der Waals surface area contributed by atoms with Crippen LogP contribution >= 0.6 is 27.5 Å². The average Bonchev–Trinajstić information content (AvgIpc) is 2.50. The van der Waals surface area contributed by atoms with Crippen molar-refractivity contribution in [2.45, 2.75) is 6.92 Å². The highest BCUT2D eigenvalue weighted by molar-refractivity contribution is 9.10. The third kappa shape index (κ3) is 3.14. The van der Waals surface area contributed by atoms with Crippen molar-refractivity contribution in [1.82, 2.24) is 9.97 Å². The second-order valence-corrected chi connectivity index (χ2v) is 6.27. The number of piperazine rings is 1. The number of hydrogen-bond donors (Lipinski definition) is 0. The first-order valence-corrected chi connectivity index (χ1v) is 8.05. The third-order valence-electron chi connectivity index (χ3n) is 3.67. The summed E-state index contributed by atoms with van der Waals surface area (Å²) in [6.45, 7) is 5.90. The minimum atomic E-state index is 0.459. The number of anilines is 2. The van der Waals surface area contributed by atoms with Gasteiger partial charge in [0.05, 0.1) is 4.47 Å². The highest BCUT2D eigenvalue weighted by Crippen LogP contribution is 2.30. The summed E-state index contributed by atoms with van der Waals surface area (Å²) in [5, 5.41) is 0.459. The molecule has 0 N–H and O–H groups in total. The van der Waals surface area contributed by atoms with Crippen LogP contribution in [0.2, 0.25) is 5.15 Å². The maximum Gasteiger partial charge on any atom is 0.148 e. The third-order valence-corrected chi connectivity index (χ3v) is 4.92. The van der Waals surface area contributed by atoms with Gasteiger partial charge in [0, 0.05) is 31.9 Å². The predicted octanol–water partition coefficient (Wildman–Crippen LogP) is 3.53. The van der Waals surface area contributed by atoms with E-state index in [1.165, 1.54) is 17.6 Å². The number of rotatable bonds is 2. The number of aromatic nitrogens is 2. The zero-order valence-corrected chi connectivity index (χ0v) is 14.1. The molecule has 1 aromatic carbocycles. The van der Waals surface area contributed by atoms with Crippen molar-refractivity contribution in [2.24, 2.45) is 0 Å². The maximum atomic E-state index is 6.04. The molecule has 4 nitrogen and oxygen atoms in total. The molecule has 0 aliphatic carbocycles. The predicted molar refractivity (Wildman–Crippen MR) is 90.3 cm³/mol. The molecule has 0 bridgehead atoms. The van der Waals surface area contributed by atoms with Crippen molar-refractivity contribution in [3.8, 4) is 0 Å². The van der Waals surface area contributed by atoms with Crippen LogP contribution in [0.15, 0.2) is 35.1 Å². The molecule has 0 saturated carbocycles. The van der Waals surface area contributed by atoms with E-state index >= 15 is 0 Å². The smallest absolute Gasteiger partial charge is 0.148 e. The number of nitrogens with zero attached hydrogens (tertiary/aromatic N) is 4. The fourth-order valence-corrected chi connectivity index (χ4v) is 3.15. The molecule has 1 fully saturated rings. The van der Waals surface area contributed by atoms with E-state index in [1.807, 2.05) is 0 Å². The normalized spacial score (nSPS) is 15.4. The van der Waals surface area contributed by atoms with Gasteiger partial charge in [-0.15, -0.1) is 0 Å². The second kappa shape index (κ2) is 6.20.